The molecule has 0 aromatic heterocycles. The molecule has 0 heterocycles. The maximum absolute atomic E-state index is 10.9. The van der Waals surface area contributed by atoms with E-state index in [9.17, 15) is 9.90 Å². The van der Waals surface area contributed by atoms with Crippen LogP contribution in [0.5, 0.6) is 11.5 Å². The van der Waals surface area contributed by atoms with Gasteiger partial charge in [0.15, 0.2) is 12.6 Å². The highest BCUT2D eigenvalue weighted by atomic mass is 127. The predicted octanol–water partition coefficient (Wildman–Crippen LogP) is 2.74. The monoisotopic (exact) mass is 556 g/mol. The van der Waals surface area contributed by atoms with Crippen molar-refractivity contribution in [2.45, 2.75) is 39.5 Å². The summed E-state index contributed by atoms with van der Waals surface area (Å²) >= 11 is 0. The summed E-state index contributed by atoms with van der Waals surface area (Å²) in [6.45, 7) is 7.14. The van der Waals surface area contributed by atoms with Crippen LogP contribution in [0.3, 0.4) is 0 Å². The molecule has 0 aliphatic carbocycles. The highest BCUT2D eigenvalue weighted by Gasteiger charge is 2.09. The number of rotatable bonds is 11. The Morgan fingerprint density at radius 3 is 2.47 bits per heavy atom. The summed E-state index contributed by atoms with van der Waals surface area (Å²) in [5.74, 6) is 1.40. The van der Waals surface area contributed by atoms with Crippen LogP contribution < -0.4 is 25.8 Å². The lowest BCUT2D eigenvalue weighted by Gasteiger charge is -2.16. The third kappa shape index (κ3) is 10.2. The fraction of sp³-hybridized carbons (Fsp3) is 0.391. The summed E-state index contributed by atoms with van der Waals surface area (Å²) in [7, 11) is 0. The molecule has 9 heteroatoms. The molecule has 2 rings (SSSR count). The molecule has 0 fully saturated rings. The Bertz CT molecular complexity index is 859. The number of nitrogens with two attached hydrogens (primary N) is 1. The molecule has 32 heavy (non-hydrogen) atoms. The lowest BCUT2D eigenvalue weighted by Crippen LogP contribution is -2.39. The van der Waals surface area contributed by atoms with Gasteiger partial charge in [-0.25, -0.2) is 4.99 Å². The van der Waals surface area contributed by atoms with E-state index in [1.165, 1.54) is 0 Å². The zero-order valence-electron chi connectivity index (χ0n) is 18.7. The lowest BCUT2D eigenvalue weighted by atomic mass is 10.1. The Morgan fingerprint density at radius 2 is 1.84 bits per heavy atom. The van der Waals surface area contributed by atoms with Gasteiger partial charge >= 0.3 is 0 Å². The standard InChI is InChI=1S/C23H32N4O4.HI/c1-4-25-23(26-13-17-6-5-7-20(12-17)30-15-22(24)29)27-14-21(28)18-8-10-19(11-9-18)31-16(2)3;/h5-12,16,21,28H,4,13-15H2,1-3H3,(H2,24,29)(H2,25,26,27);1H. The SMILES string of the molecule is CCNC(=NCc1cccc(OCC(N)=O)c1)NCC(O)c1ccc(OC(C)C)cc1.I. The van der Waals surface area contributed by atoms with E-state index in [4.69, 9.17) is 15.2 Å². The molecule has 0 radical (unpaired) electrons. The zero-order valence-corrected chi connectivity index (χ0v) is 21.0. The van der Waals surface area contributed by atoms with E-state index >= 15 is 0 Å². The molecule has 8 nitrogen and oxygen atoms in total. The molecule has 0 saturated heterocycles. The number of halogens is 1. The van der Waals surface area contributed by atoms with Crippen LogP contribution in [0, 0.1) is 0 Å². The maximum atomic E-state index is 10.9. The van der Waals surface area contributed by atoms with Gasteiger partial charge in [0.05, 0.1) is 18.8 Å². The summed E-state index contributed by atoms with van der Waals surface area (Å²) in [6, 6.07) is 14.7. The number of nitrogens with one attached hydrogen (secondary N) is 2. The summed E-state index contributed by atoms with van der Waals surface area (Å²) in [5, 5.41) is 16.8. The topological polar surface area (TPSA) is 118 Å². The van der Waals surface area contributed by atoms with E-state index in [1.807, 2.05) is 63.2 Å². The van der Waals surface area contributed by atoms with Gasteiger partial charge in [-0.15, -0.1) is 24.0 Å². The number of aliphatic hydroxyl groups excluding tert-OH is 1. The maximum Gasteiger partial charge on any atom is 0.255 e. The van der Waals surface area contributed by atoms with Crippen LogP contribution in [0.4, 0.5) is 0 Å². The second kappa shape index (κ2) is 14.5. The Kier molecular flexibility index (Phi) is 12.5. The van der Waals surface area contributed by atoms with Crippen molar-refractivity contribution in [2.75, 3.05) is 19.7 Å². The number of carbonyl (C=O) groups excluding carboxylic acids is 1. The van der Waals surface area contributed by atoms with Crippen LogP contribution in [0.1, 0.15) is 38.0 Å². The molecular weight excluding hydrogens is 523 g/mol. The van der Waals surface area contributed by atoms with Crippen LogP contribution in [0.2, 0.25) is 0 Å². The minimum atomic E-state index is -0.692. The molecule has 1 atom stereocenters. The van der Waals surface area contributed by atoms with Crippen LogP contribution >= 0.6 is 24.0 Å². The van der Waals surface area contributed by atoms with E-state index < -0.39 is 12.0 Å². The van der Waals surface area contributed by atoms with Crippen molar-refractivity contribution in [3.63, 3.8) is 0 Å². The molecule has 1 amide bonds. The first-order valence-electron chi connectivity index (χ1n) is 10.3. The molecular formula is C23H33IN4O4. The van der Waals surface area contributed by atoms with Gasteiger partial charge in [-0.3, -0.25) is 4.79 Å². The number of primary amides is 1. The van der Waals surface area contributed by atoms with E-state index in [-0.39, 0.29) is 36.7 Å². The number of aliphatic hydroxyl groups is 1. The second-order valence-corrected chi connectivity index (χ2v) is 7.23. The number of carbonyl (C=O) groups is 1. The number of guanidine groups is 1. The fourth-order valence-electron chi connectivity index (χ4n) is 2.75. The van der Waals surface area contributed by atoms with Gasteiger partial charge in [0, 0.05) is 13.1 Å². The number of hydrogen-bond donors (Lipinski definition) is 4. The van der Waals surface area contributed by atoms with Crippen LogP contribution in [-0.4, -0.2) is 42.8 Å². The van der Waals surface area contributed by atoms with Crippen LogP contribution in [-0.2, 0) is 11.3 Å². The number of benzene rings is 2. The molecule has 2 aromatic rings. The molecule has 0 saturated carbocycles. The normalized spacial score (nSPS) is 12.0. The Balaban J connectivity index is 0.00000512. The molecule has 1 unspecified atom stereocenters. The van der Waals surface area contributed by atoms with E-state index in [0.29, 0.717) is 31.3 Å². The summed E-state index contributed by atoms with van der Waals surface area (Å²) in [5.41, 5.74) is 6.81. The number of amides is 1. The fourth-order valence-corrected chi connectivity index (χ4v) is 2.75. The van der Waals surface area contributed by atoms with E-state index in [0.717, 1.165) is 16.9 Å². The van der Waals surface area contributed by atoms with Crippen molar-refractivity contribution >= 4 is 35.8 Å². The third-order valence-corrected chi connectivity index (χ3v) is 4.14. The van der Waals surface area contributed by atoms with Gasteiger partial charge in [0.25, 0.3) is 5.91 Å². The first kappa shape index (κ1) is 27.5. The minimum Gasteiger partial charge on any atom is -0.491 e. The molecule has 5 N–H and O–H groups in total. The first-order valence-corrected chi connectivity index (χ1v) is 10.3. The summed E-state index contributed by atoms with van der Waals surface area (Å²) in [4.78, 5) is 15.4. The average Bonchev–Trinajstić information content (AvgIpc) is 2.74. The second-order valence-electron chi connectivity index (χ2n) is 7.23. The number of hydrogen-bond acceptors (Lipinski definition) is 5. The number of ether oxygens (including phenoxy) is 2. The molecule has 0 bridgehead atoms. The lowest BCUT2D eigenvalue weighted by molar-refractivity contribution is -0.119. The van der Waals surface area contributed by atoms with Crippen molar-refractivity contribution in [1.29, 1.82) is 0 Å². The summed E-state index contributed by atoms with van der Waals surface area (Å²) in [6.07, 6.45) is -0.589. The highest BCUT2D eigenvalue weighted by molar-refractivity contribution is 14.0. The largest absolute Gasteiger partial charge is 0.491 e. The van der Waals surface area contributed by atoms with Crippen molar-refractivity contribution in [3.05, 3.63) is 59.7 Å². The summed E-state index contributed by atoms with van der Waals surface area (Å²) < 4.78 is 11.0. The highest BCUT2D eigenvalue weighted by Crippen LogP contribution is 2.18. The van der Waals surface area contributed by atoms with Crippen molar-refractivity contribution in [2.24, 2.45) is 10.7 Å². The van der Waals surface area contributed by atoms with Gasteiger partial charge < -0.3 is 30.9 Å². The van der Waals surface area contributed by atoms with Gasteiger partial charge in [-0.05, 0) is 56.2 Å². The van der Waals surface area contributed by atoms with Crippen molar-refractivity contribution in [1.82, 2.24) is 10.6 Å². The third-order valence-electron chi connectivity index (χ3n) is 4.14. The van der Waals surface area contributed by atoms with Gasteiger partial charge in [0.2, 0.25) is 0 Å². The molecule has 0 spiro atoms. The van der Waals surface area contributed by atoms with Crippen LogP contribution in [0.15, 0.2) is 53.5 Å². The Hall–Kier alpha value is -2.53. The molecule has 0 aliphatic rings. The van der Waals surface area contributed by atoms with Crippen LogP contribution in [0.25, 0.3) is 0 Å². The van der Waals surface area contributed by atoms with Crippen molar-refractivity contribution < 1.29 is 19.4 Å². The molecule has 0 aliphatic heterocycles. The van der Waals surface area contributed by atoms with Gasteiger partial charge in [0.1, 0.15) is 11.5 Å². The first-order chi connectivity index (χ1) is 14.9. The number of nitrogens with zero attached hydrogens (tertiary/aromatic N) is 1. The van der Waals surface area contributed by atoms with Crippen molar-refractivity contribution in [3.8, 4) is 11.5 Å². The van der Waals surface area contributed by atoms with Gasteiger partial charge in [-0.1, -0.05) is 24.3 Å². The minimum absolute atomic E-state index is 0. The quantitative estimate of drug-likeness (QED) is 0.192. The zero-order chi connectivity index (χ0) is 22.6. The average molecular weight is 556 g/mol. The van der Waals surface area contributed by atoms with E-state index in [1.54, 1.807) is 6.07 Å². The number of aliphatic imine (C=N–C) groups is 1. The Labute approximate surface area is 206 Å². The smallest absolute Gasteiger partial charge is 0.255 e. The van der Waals surface area contributed by atoms with E-state index in [2.05, 4.69) is 15.6 Å². The predicted molar refractivity (Wildman–Crippen MR) is 137 cm³/mol. The van der Waals surface area contributed by atoms with Gasteiger partial charge in [-0.2, -0.15) is 0 Å². The Morgan fingerprint density at radius 1 is 1.12 bits per heavy atom. The molecule has 2 aromatic carbocycles. The molecule has 176 valence electrons.